The van der Waals surface area contributed by atoms with Gasteiger partial charge in [0.1, 0.15) is 0 Å². The number of hydrogen-bond acceptors (Lipinski definition) is 3. The first-order chi connectivity index (χ1) is 7.74. The second-order valence-corrected chi connectivity index (χ2v) is 14.2. The zero-order valence-electron chi connectivity index (χ0n) is 10.3. The van der Waals surface area contributed by atoms with Gasteiger partial charge in [0.25, 0.3) is 0 Å². The Labute approximate surface area is 175 Å². The SMILES string of the molecule is O.O.[O]=[Sn][C]1=C[CH]([Sn](=[O])[CH]2C=C[C]([Sn]=[O])=C2)C=C1.[Re].[SnH]. The molecule has 106 valence electrons. The van der Waals surface area contributed by atoms with Crippen LogP contribution in [0.15, 0.2) is 43.6 Å². The van der Waals surface area contributed by atoms with Gasteiger partial charge in [0.2, 0.25) is 0 Å². The molecule has 0 aliphatic heterocycles. The van der Waals surface area contributed by atoms with E-state index in [9.17, 15) is 9.23 Å². The van der Waals surface area contributed by atoms with Crippen LogP contribution in [0.4, 0.5) is 0 Å². The Morgan fingerprint density at radius 3 is 1.50 bits per heavy atom. The Morgan fingerprint density at radius 2 is 1.25 bits per heavy atom. The summed E-state index contributed by atoms with van der Waals surface area (Å²) in [6, 6.07) is 0. The van der Waals surface area contributed by atoms with Crippen LogP contribution in [0.2, 0.25) is 7.87 Å². The fourth-order valence-electron chi connectivity index (χ4n) is 1.74. The van der Waals surface area contributed by atoms with Crippen molar-refractivity contribution in [3.8, 4) is 0 Å². The summed E-state index contributed by atoms with van der Waals surface area (Å²) in [5.74, 6) is 0. The fraction of sp³-hybridized carbons (Fsp3) is 0.200. The average Bonchev–Trinajstić information content (AvgIpc) is 2.97. The van der Waals surface area contributed by atoms with Crippen molar-refractivity contribution in [2.75, 3.05) is 0 Å². The third kappa shape index (κ3) is 7.14. The quantitative estimate of drug-likeness (QED) is 0.333. The summed E-state index contributed by atoms with van der Waals surface area (Å²) in [4.78, 5) is 0. The number of rotatable bonds is 4. The van der Waals surface area contributed by atoms with Gasteiger partial charge >= 0.3 is 147 Å². The van der Waals surface area contributed by atoms with Crippen molar-refractivity contribution in [1.82, 2.24) is 0 Å². The molecular weight excluding hydrogens is 861 g/mol. The topological polar surface area (TPSA) is 114 Å². The summed E-state index contributed by atoms with van der Waals surface area (Å²) in [5.41, 5.74) is 0. The van der Waals surface area contributed by atoms with E-state index in [1.807, 2.05) is 36.5 Å². The Bertz CT molecular complexity index is 444. The van der Waals surface area contributed by atoms with E-state index in [0.717, 1.165) is 7.18 Å². The van der Waals surface area contributed by atoms with Crippen LogP contribution >= 0.6 is 0 Å². The third-order valence-electron chi connectivity index (χ3n) is 2.58. The molecule has 20 heavy (non-hydrogen) atoms. The van der Waals surface area contributed by atoms with Gasteiger partial charge < -0.3 is 11.0 Å². The molecule has 2 atom stereocenters. The zero-order valence-corrected chi connectivity index (χ0v) is 24.9. The van der Waals surface area contributed by atoms with E-state index >= 15 is 0 Å². The molecule has 6 radical (unpaired) electrons. The van der Waals surface area contributed by atoms with Crippen LogP contribution < -0.4 is 0 Å². The van der Waals surface area contributed by atoms with Gasteiger partial charge in [0, 0.05) is 20.4 Å². The van der Waals surface area contributed by atoms with Gasteiger partial charge in [-0.05, 0) is 0 Å². The van der Waals surface area contributed by atoms with E-state index in [1.165, 1.54) is 0 Å². The van der Waals surface area contributed by atoms with Crippen molar-refractivity contribution in [3.63, 3.8) is 0 Å². The predicted molar refractivity (Wildman–Crippen MR) is 75.6 cm³/mol. The average molecular weight is 874 g/mol. The molecule has 0 saturated heterocycles. The standard InChI is InChI=1S/2C5H4.2H2O.3O.Re.4Sn.H/c2*1-2-4-5-3-1;;;;;;;;;;;/h2*1-4H;2*1H2;;;;;;;;;. The first-order valence-electron chi connectivity index (χ1n) is 4.84. The van der Waals surface area contributed by atoms with Crippen molar-refractivity contribution < 1.29 is 40.6 Å². The summed E-state index contributed by atoms with van der Waals surface area (Å²) >= 11 is -6.05. The van der Waals surface area contributed by atoms with Gasteiger partial charge in [-0.3, -0.25) is 0 Å². The van der Waals surface area contributed by atoms with Crippen LogP contribution in [-0.4, -0.2) is 96.9 Å². The maximum atomic E-state index is 12.3. The van der Waals surface area contributed by atoms with Gasteiger partial charge in [-0.2, -0.15) is 0 Å². The van der Waals surface area contributed by atoms with Crippen LogP contribution in [0.25, 0.3) is 0 Å². The molecule has 0 bridgehead atoms. The third-order valence-corrected chi connectivity index (χ3v) is 11.6. The number of allylic oxidation sites excluding steroid dienone is 8. The van der Waals surface area contributed by atoms with Crippen LogP contribution in [0, 0.1) is 0 Å². The predicted octanol–water partition coefficient (Wildman–Crippen LogP) is -1.14. The zero-order chi connectivity index (χ0) is 11.5. The molecule has 2 rings (SSSR count). The van der Waals surface area contributed by atoms with Gasteiger partial charge in [0.05, 0.1) is 0 Å². The van der Waals surface area contributed by atoms with Gasteiger partial charge in [-0.1, -0.05) is 0 Å². The molecule has 5 nitrogen and oxygen atoms in total. The summed E-state index contributed by atoms with van der Waals surface area (Å²) in [6.45, 7) is 0. The molecule has 0 aromatic rings. The van der Waals surface area contributed by atoms with E-state index in [-0.39, 0.29) is 63.2 Å². The summed E-state index contributed by atoms with van der Waals surface area (Å²) in [7, 11) is 0. The Balaban J connectivity index is -0.000000722. The van der Waals surface area contributed by atoms with Gasteiger partial charge in [0.15, 0.2) is 0 Å². The van der Waals surface area contributed by atoms with Crippen molar-refractivity contribution in [3.05, 3.63) is 43.6 Å². The fourth-order valence-corrected chi connectivity index (χ4v) is 11.7. The van der Waals surface area contributed by atoms with Crippen LogP contribution in [0.1, 0.15) is 0 Å². The molecule has 10 heteroatoms. The normalized spacial score (nSPS) is 21.2. The molecule has 0 spiro atoms. The minimum atomic E-state index is -2.81. The van der Waals surface area contributed by atoms with Crippen LogP contribution in [-0.2, 0) is 29.7 Å². The maximum absolute atomic E-state index is 12.3. The van der Waals surface area contributed by atoms with E-state index in [2.05, 4.69) is 0 Å². The van der Waals surface area contributed by atoms with E-state index in [4.69, 9.17) is 0 Å². The molecule has 2 aliphatic carbocycles. The van der Waals surface area contributed by atoms with E-state index in [1.54, 1.807) is 0 Å². The molecule has 0 saturated carbocycles. The van der Waals surface area contributed by atoms with Crippen molar-refractivity contribution in [1.29, 1.82) is 0 Å². The molecule has 0 heterocycles. The molecule has 0 aromatic heterocycles. The van der Waals surface area contributed by atoms with Gasteiger partial charge in [-0.25, -0.2) is 0 Å². The second-order valence-electron chi connectivity index (χ2n) is 3.62. The van der Waals surface area contributed by atoms with Crippen LogP contribution in [0.5, 0.6) is 0 Å². The molecule has 0 fully saturated rings. The first-order valence-corrected chi connectivity index (χ1v) is 14.5. The Morgan fingerprint density at radius 1 is 0.900 bits per heavy atom. The molecule has 2 unspecified atom stereocenters. The van der Waals surface area contributed by atoms with Crippen LogP contribution in [0.3, 0.4) is 0 Å². The van der Waals surface area contributed by atoms with E-state index < -0.39 is 62.0 Å². The molecule has 2 aliphatic rings. The Hall–Kier alpha value is 2.14. The molecule has 4 N–H and O–H groups in total. The molecular formula is C10H13O5ReSn4. The summed E-state index contributed by atoms with van der Waals surface area (Å²) in [5, 5.41) is 0. The Kier molecular flexibility index (Phi) is 18.3. The van der Waals surface area contributed by atoms with Crippen molar-refractivity contribution >= 4 is 85.9 Å². The van der Waals surface area contributed by atoms with Crippen molar-refractivity contribution in [2.24, 2.45) is 0 Å². The molecule has 0 aromatic carbocycles. The molecule has 0 amide bonds. The monoisotopic (exact) mass is 880 g/mol. The minimum absolute atomic E-state index is 0. The second kappa shape index (κ2) is 13.6. The van der Waals surface area contributed by atoms with Crippen molar-refractivity contribution in [2.45, 2.75) is 7.87 Å². The van der Waals surface area contributed by atoms with Gasteiger partial charge in [-0.15, -0.1) is 0 Å². The number of hydrogen-bond donors (Lipinski definition) is 0. The van der Waals surface area contributed by atoms with E-state index in [0.29, 0.717) is 0 Å². The summed E-state index contributed by atoms with van der Waals surface area (Å²) < 4.78 is 35.8. The first kappa shape index (κ1) is 27.0. The summed E-state index contributed by atoms with van der Waals surface area (Å²) in [6.07, 6.45) is 11.4.